The standard InChI is InChI=1S/C5H4Cl2N2O2S/c1-2-3(12(10)11)4(6)9-5(7)8-2/h1H3,(H,10,11)/p-1. The van der Waals surface area contributed by atoms with Gasteiger partial charge in [0.15, 0.2) is 0 Å². The molecule has 1 aromatic rings. The van der Waals surface area contributed by atoms with Crippen LogP contribution in [0.25, 0.3) is 0 Å². The van der Waals surface area contributed by atoms with Crippen molar-refractivity contribution in [3.63, 3.8) is 0 Å². The second-order valence-corrected chi connectivity index (χ2v) is 3.51. The van der Waals surface area contributed by atoms with Crippen LogP contribution in [-0.2, 0) is 11.1 Å². The zero-order chi connectivity index (χ0) is 9.30. The molecule has 12 heavy (non-hydrogen) atoms. The predicted octanol–water partition coefficient (Wildman–Crippen LogP) is 1.33. The topological polar surface area (TPSA) is 65.9 Å². The van der Waals surface area contributed by atoms with Crippen LogP contribution in [-0.4, -0.2) is 18.7 Å². The first-order valence-corrected chi connectivity index (χ1v) is 4.64. The fourth-order valence-electron chi connectivity index (χ4n) is 0.685. The first-order chi connectivity index (χ1) is 5.52. The molecule has 1 atom stereocenters. The van der Waals surface area contributed by atoms with E-state index in [1.54, 1.807) is 0 Å². The van der Waals surface area contributed by atoms with Crippen LogP contribution in [0.15, 0.2) is 4.90 Å². The minimum absolute atomic E-state index is 0.0632. The molecule has 0 aliphatic heterocycles. The van der Waals surface area contributed by atoms with Crippen molar-refractivity contribution in [1.29, 1.82) is 0 Å². The molecule has 0 amide bonds. The molecule has 0 aromatic carbocycles. The molecular formula is C5H3Cl2N2O2S-. The Hall–Kier alpha value is -0.230. The normalized spacial score (nSPS) is 13.0. The number of aryl methyl sites for hydroxylation is 1. The van der Waals surface area contributed by atoms with Gasteiger partial charge in [0.2, 0.25) is 5.28 Å². The van der Waals surface area contributed by atoms with Crippen molar-refractivity contribution >= 4 is 34.3 Å². The van der Waals surface area contributed by atoms with Crippen molar-refractivity contribution in [1.82, 2.24) is 9.97 Å². The van der Waals surface area contributed by atoms with E-state index >= 15 is 0 Å². The van der Waals surface area contributed by atoms with E-state index in [9.17, 15) is 8.76 Å². The van der Waals surface area contributed by atoms with E-state index in [1.807, 2.05) is 0 Å². The van der Waals surface area contributed by atoms with Crippen LogP contribution in [0.3, 0.4) is 0 Å². The third-order valence-electron chi connectivity index (χ3n) is 1.13. The maximum absolute atomic E-state index is 10.5. The lowest BCUT2D eigenvalue weighted by Crippen LogP contribution is -1.99. The second-order valence-electron chi connectivity index (χ2n) is 1.93. The van der Waals surface area contributed by atoms with Crippen molar-refractivity contribution in [2.75, 3.05) is 0 Å². The summed E-state index contributed by atoms with van der Waals surface area (Å²) in [6.07, 6.45) is 0. The van der Waals surface area contributed by atoms with Gasteiger partial charge in [0, 0.05) is 0 Å². The first kappa shape index (κ1) is 9.85. The van der Waals surface area contributed by atoms with Crippen LogP contribution < -0.4 is 0 Å². The van der Waals surface area contributed by atoms with E-state index in [1.165, 1.54) is 6.92 Å². The summed E-state index contributed by atoms with van der Waals surface area (Å²) in [7, 11) is 0. The molecule has 0 N–H and O–H groups in total. The molecule has 0 aliphatic carbocycles. The molecule has 0 fully saturated rings. The van der Waals surface area contributed by atoms with E-state index in [-0.39, 0.29) is 21.0 Å². The van der Waals surface area contributed by atoms with Crippen molar-refractivity contribution in [3.8, 4) is 0 Å². The molecule has 1 heterocycles. The number of rotatable bonds is 1. The maximum Gasteiger partial charge on any atom is 0.224 e. The van der Waals surface area contributed by atoms with Crippen molar-refractivity contribution in [2.24, 2.45) is 0 Å². The van der Waals surface area contributed by atoms with Crippen LogP contribution in [0.4, 0.5) is 0 Å². The minimum Gasteiger partial charge on any atom is -0.768 e. The average molecular weight is 226 g/mol. The molecule has 0 radical (unpaired) electrons. The lowest BCUT2D eigenvalue weighted by Gasteiger charge is -2.08. The lowest BCUT2D eigenvalue weighted by atomic mass is 10.5. The predicted molar refractivity (Wildman–Crippen MR) is 44.0 cm³/mol. The Morgan fingerprint density at radius 3 is 2.42 bits per heavy atom. The van der Waals surface area contributed by atoms with E-state index in [2.05, 4.69) is 9.97 Å². The number of aromatic nitrogens is 2. The van der Waals surface area contributed by atoms with E-state index in [0.717, 1.165) is 0 Å². The summed E-state index contributed by atoms with van der Waals surface area (Å²) in [6.45, 7) is 1.49. The van der Waals surface area contributed by atoms with Gasteiger partial charge in [0.1, 0.15) is 5.15 Å². The molecule has 4 nitrogen and oxygen atoms in total. The third kappa shape index (κ3) is 1.92. The number of halogens is 2. The summed E-state index contributed by atoms with van der Waals surface area (Å²) in [4.78, 5) is 7.00. The van der Waals surface area contributed by atoms with Crippen LogP contribution in [0.1, 0.15) is 5.69 Å². The maximum atomic E-state index is 10.5. The summed E-state index contributed by atoms with van der Waals surface area (Å²) >= 11 is 8.49. The second kappa shape index (κ2) is 3.66. The van der Waals surface area contributed by atoms with Gasteiger partial charge in [-0.1, -0.05) is 11.6 Å². The molecule has 0 saturated heterocycles. The average Bonchev–Trinajstić information content (AvgIpc) is 1.82. The Morgan fingerprint density at radius 2 is 2.00 bits per heavy atom. The van der Waals surface area contributed by atoms with Gasteiger partial charge in [0.05, 0.1) is 10.6 Å². The smallest absolute Gasteiger partial charge is 0.224 e. The Morgan fingerprint density at radius 1 is 1.42 bits per heavy atom. The first-order valence-electron chi connectivity index (χ1n) is 2.81. The highest BCUT2D eigenvalue weighted by Gasteiger charge is 2.08. The summed E-state index contributed by atoms with van der Waals surface area (Å²) in [5.74, 6) is 0. The molecule has 0 aliphatic rings. The van der Waals surface area contributed by atoms with E-state index in [4.69, 9.17) is 23.2 Å². The van der Waals surface area contributed by atoms with E-state index in [0.29, 0.717) is 0 Å². The van der Waals surface area contributed by atoms with Gasteiger partial charge >= 0.3 is 0 Å². The van der Waals surface area contributed by atoms with Gasteiger partial charge in [-0.2, -0.15) is 0 Å². The van der Waals surface area contributed by atoms with Gasteiger partial charge in [-0.3, -0.25) is 4.21 Å². The van der Waals surface area contributed by atoms with Gasteiger partial charge in [0.25, 0.3) is 0 Å². The molecule has 66 valence electrons. The molecule has 1 aromatic heterocycles. The largest absolute Gasteiger partial charge is 0.768 e. The van der Waals surface area contributed by atoms with Gasteiger partial charge in [-0.15, -0.1) is 0 Å². The summed E-state index contributed by atoms with van der Waals surface area (Å²) in [5.41, 5.74) is 0.244. The Bertz CT molecular complexity index is 321. The summed E-state index contributed by atoms with van der Waals surface area (Å²) in [6, 6.07) is 0. The number of nitrogens with zero attached hydrogens (tertiary/aromatic N) is 2. The molecule has 7 heteroatoms. The Kier molecular flexibility index (Phi) is 3.00. The number of hydrogen-bond donors (Lipinski definition) is 0. The van der Waals surface area contributed by atoms with Gasteiger partial charge < -0.3 is 4.55 Å². The minimum atomic E-state index is -2.43. The molecule has 0 spiro atoms. The molecule has 0 bridgehead atoms. The van der Waals surface area contributed by atoms with E-state index < -0.39 is 11.1 Å². The van der Waals surface area contributed by atoms with Crippen LogP contribution in [0.2, 0.25) is 10.4 Å². The Balaban J connectivity index is 3.38. The van der Waals surface area contributed by atoms with Crippen molar-refractivity contribution in [2.45, 2.75) is 11.8 Å². The summed E-state index contributed by atoms with van der Waals surface area (Å²) < 4.78 is 21.1. The van der Waals surface area contributed by atoms with Crippen molar-refractivity contribution < 1.29 is 8.76 Å². The number of hydrogen-bond acceptors (Lipinski definition) is 4. The lowest BCUT2D eigenvalue weighted by molar-refractivity contribution is 0.535. The van der Waals surface area contributed by atoms with Gasteiger partial charge in [-0.25, -0.2) is 9.97 Å². The van der Waals surface area contributed by atoms with Crippen molar-refractivity contribution in [3.05, 3.63) is 16.1 Å². The monoisotopic (exact) mass is 225 g/mol. The summed E-state index contributed by atoms with van der Waals surface area (Å²) in [5, 5.41) is -0.215. The highest BCUT2D eigenvalue weighted by molar-refractivity contribution is 7.79. The van der Waals surface area contributed by atoms with Crippen LogP contribution in [0, 0.1) is 6.92 Å². The molecule has 1 rings (SSSR count). The fraction of sp³-hybridized carbons (Fsp3) is 0.200. The molecule has 1 unspecified atom stereocenters. The highest BCUT2D eigenvalue weighted by atomic mass is 35.5. The quantitative estimate of drug-likeness (QED) is 0.411. The Labute approximate surface area is 81.2 Å². The zero-order valence-corrected chi connectivity index (χ0v) is 8.20. The molecule has 0 saturated carbocycles. The molecular weight excluding hydrogens is 223 g/mol. The van der Waals surface area contributed by atoms with Crippen LogP contribution in [0.5, 0.6) is 0 Å². The van der Waals surface area contributed by atoms with Gasteiger partial charge in [-0.05, 0) is 29.6 Å². The highest BCUT2D eigenvalue weighted by Crippen LogP contribution is 2.20. The fourth-order valence-corrected chi connectivity index (χ4v) is 1.81. The van der Waals surface area contributed by atoms with Crippen LogP contribution >= 0.6 is 23.2 Å². The zero-order valence-electron chi connectivity index (χ0n) is 5.88. The third-order valence-corrected chi connectivity index (χ3v) is 2.51. The SMILES string of the molecule is Cc1nc(Cl)nc(Cl)c1S(=O)[O-].